The maximum atomic E-state index is 12.4. The Hall–Kier alpha value is -1.88. The third kappa shape index (κ3) is 3.31. The molecule has 2 N–H and O–H groups in total. The largest absolute Gasteiger partial charge is 0.349 e. The predicted molar refractivity (Wildman–Crippen MR) is 94.0 cm³/mol. The third-order valence-electron chi connectivity index (χ3n) is 5.34. The lowest BCUT2D eigenvalue weighted by Crippen LogP contribution is -2.57. The molecule has 130 valence electrons. The van der Waals surface area contributed by atoms with Crippen molar-refractivity contribution < 1.29 is 9.59 Å². The van der Waals surface area contributed by atoms with Crippen LogP contribution in [0.5, 0.6) is 0 Å². The quantitative estimate of drug-likeness (QED) is 0.890. The van der Waals surface area contributed by atoms with E-state index in [-0.39, 0.29) is 23.3 Å². The highest BCUT2D eigenvalue weighted by atomic mass is 16.2. The molecule has 2 atom stereocenters. The monoisotopic (exact) mass is 329 g/mol. The minimum Gasteiger partial charge on any atom is -0.349 e. The van der Waals surface area contributed by atoms with Gasteiger partial charge in [-0.15, -0.1) is 0 Å². The Bertz CT molecular complexity index is 618. The number of amides is 2. The summed E-state index contributed by atoms with van der Waals surface area (Å²) in [4.78, 5) is 26.7. The normalized spacial score (nSPS) is 25.7. The van der Waals surface area contributed by atoms with Gasteiger partial charge in [0.15, 0.2) is 0 Å². The summed E-state index contributed by atoms with van der Waals surface area (Å²) in [6.45, 7) is 9.68. The number of carbonyl (C=O) groups is 2. The van der Waals surface area contributed by atoms with Crippen molar-refractivity contribution in [3.8, 4) is 0 Å². The fourth-order valence-electron chi connectivity index (χ4n) is 4.06. The van der Waals surface area contributed by atoms with Gasteiger partial charge < -0.3 is 15.5 Å². The lowest BCUT2D eigenvalue weighted by atomic mass is 9.60. The Labute approximate surface area is 143 Å². The Kier molecular flexibility index (Phi) is 4.63. The van der Waals surface area contributed by atoms with Crippen LogP contribution in [0, 0.1) is 11.3 Å². The molecule has 0 radical (unpaired) electrons. The van der Waals surface area contributed by atoms with Gasteiger partial charge in [0.2, 0.25) is 0 Å². The summed E-state index contributed by atoms with van der Waals surface area (Å²) in [6, 6.07) is 7.23. The topological polar surface area (TPSA) is 61.4 Å². The first-order valence-electron chi connectivity index (χ1n) is 8.79. The van der Waals surface area contributed by atoms with E-state index >= 15 is 0 Å². The fraction of sp³-hybridized carbons (Fsp3) is 0.579. The van der Waals surface area contributed by atoms with E-state index in [2.05, 4.69) is 31.4 Å². The molecule has 1 heterocycles. The molecule has 5 heteroatoms. The summed E-state index contributed by atoms with van der Waals surface area (Å²) < 4.78 is 0. The Morgan fingerprint density at radius 1 is 1.12 bits per heavy atom. The van der Waals surface area contributed by atoms with Gasteiger partial charge in [-0.1, -0.05) is 20.8 Å². The molecule has 5 nitrogen and oxygen atoms in total. The Morgan fingerprint density at radius 3 is 2.25 bits per heavy atom. The van der Waals surface area contributed by atoms with E-state index in [9.17, 15) is 9.59 Å². The van der Waals surface area contributed by atoms with Gasteiger partial charge in [0.1, 0.15) is 0 Å². The van der Waals surface area contributed by atoms with E-state index in [0.717, 1.165) is 32.6 Å². The Morgan fingerprint density at radius 2 is 1.71 bits per heavy atom. The molecule has 24 heavy (non-hydrogen) atoms. The molecule has 2 fully saturated rings. The van der Waals surface area contributed by atoms with Crippen LogP contribution in [0.2, 0.25) is 0 Å². The standard InChI is InChI=1S/C19H27N3O2/c1-13-12-19(2,3)16(13)21-17(23)14-4-6-15(7-5-14)18(24)22-10-8-20-9-11-22/h4-7,13,16,20H,8-12H2,1-3H3,(H,21,23). The minimum absolute atomic E-state index is 0.0391. The predicted octanol–water partition coefficient (Wildman–Crippen LogP) is 1.90. The summed E-state index contributed by atoms with van der Waals surface area (Å²) in [6.07, 6.45) is 1.13. The lowest BCUT2D eigenvalue weighted by Gasteiger charge is -2.50. The molecule has 1 aromatic carbocycles. The van der Waals surface area contributed by atoms with Gasteiger partial charge >= 0.3 is 0 Å². The van der Waals surface area contributed by atoms with Crippen LogP contribution in [-0.4, -0.2) is 48.9 Å². The van der Waals surface area contributed by atoms with Crippen LogP contribution in [0.1, 0.15) is 47.9 Å². The van der Waals surface area contributed by atoms with Crippen LogP contribution >= 0.6 is 0 Å². The lowest BCUT2D eigenvalue weighted by molar-refractivity contribution is 0.0348. The number of hydrogen-bond donors (Lipinski definition) is 2. The molecule has 2 amide bonds. The van der Waals surface area contributed by atoms with E-state index in [0.29, 0.717) is 17.0 Å². The van der Waals surface area contributed by atoms with Gasteiger partial charge in [0.05, 0.1) is 0 Å². The van der Waals surface area contributed by atoms with Crippen LogP contribution in [0.25, 0.3) is 0 Å². The summed E-state index contributed by atoms with van der Waals surface area (Å²) in [7, 11) is 0. The maximum Gasteiger partial charge on any atom is 0.253 e. The second kappa shape index (κ2) is 6.55. The summed E-state index contributed by atoms with van der Waals surface area (Å²) in [5, 5.41) is 6.38. The first kappa shape index (κ1) is 17.0. The summed E-state index contributed by atoms with van der Waals surface area (Å²) >= 11 is 0. The van der Waals surface area contributed by atoms with E-state index in [4.69, 9.17) is 0 Å². The molecular weight excluding hydrogens is 302 g/mol. The van der Waals surface area contributed by atoms with Gasteiger partial charge in [-0.05, 0) is 42.0 Å². The highest BCUT2D eigenvalue weighted by molar-refractivity contribution is 5.98. The van der Waals surface area contributed by atoms with E-state index in [1.165, 1.54) is 0 Å². The first-order chi connectivity index (χ1) is 11.4. The van der Waals surface area contributed by atoms with Crippen LogP contribution < -0.4 is 10.6 Å². The average Bonchev–Trinajstić information content (AvgIpc) is 2.59. The van der Waals surface area contributed by atoms with E-state index < -0.39 is 0 Å². The van der Waals surface area contributed by atoms with Crippen molar-refractivity contribution in [2.24, 2.45) is 11.3 Å². The molecule has 2 unspecified atom stereocenters. The third-order valence-corrected chi connectivity index (χ3v) is 5.34. The highest BCUT2D eigenvalue weighted by Gasteiger charge is 2.45. The molecular formula is C19H27N3O2. The van der Waals surface area contributed by atoms with Crippen molar-refractivity contribution in [3.63, 3.8) is 0 Å². The van der Waals surface area contributed by atoms with Gasteiger partial charge in [-0.3, -0.25) is 9.59 Å². The van der Waals surface area contributed by atoms with Gasteiger partial charge in [-0.25, -0.2) is 0 Å². The number of piperazine rings is 1. The highest BCUT2D eigenvalue weighted by Crippen LogP contribution is 2.44. The first-order valence-corrected chi connectivity index (χ1v) is 8.79. The average molecular weight is 329 g/mol. The molecule has 0 bridgehead atoms. The van der Waals surface area contributed by atoms with Gasteiger partial charge in [0, 0.05) is 43.3 Å². The number of nitrogens with zero attached hydrogens (tertiary/aromatic N) is 1. The molecule has 1 aromatic rings. The van der Waals surface area contributed by atoms with Crippen molar-refractivity contribution in [2.45, 2.75) is 33.2 Å². The molecule has 0 spiro atoms. The second-order valence-corrected chi connectivity index (χ2v) is 7.74. The number of carbonyl (C=O) groups excluding carboxylic acids is 2. The van der Waals surface area contributed by atoms with Crippen molar-refractivity contribution in [3.05, 3.63) is 35.4 Å². The molecule has 1 aliphatic carbocycles. The number of nitrogens with one attached hydrogen (secondary N) is 2. The number of benzene rings is 1. The smallest absolute Gasteiger partial charge is 0.253 e. The van der Waals surface area contributed by atoms with Gasteiger partial charge in [0.25, 0.3) is 11.8 Å². The number of hydrogen-bond acceptors (Lipinski definition) is 3. The SMILES string of the molecule is CC1CC(C)(C)C1NC(=O)c1ccc(C(=O)N2CCNCC2)cc1. The van der Waals surface area contributed by atoms with E-state index in [1.54, 1.807) is 24.3 Å². The summed E-state index contributed by atoms with van der Waals surface area (Å²) in [5.74, 6) is 0.496. The molecule has 1 aliphatic heterocycles. The zero-order chi connectivity index (χ0) is 17.3. The van der Waals surface area contributed by atoms with Crippen LogP contribution in [0.3, 0.4) is 0 Å². The number of rotatable bonds is 3. The minimum atomic E-state index is -0.0548. The van der Waals surface area contributed by atoms with E-state index in [1.807, 2.05) is 4.90 Å². The van der Waals surface area contributed by atoms with Gasteiger partial charge in [-0.2, -0.15) is 0 Å². The molecule has 1 saturated heterocycles. The van der Waals surface area contributed by atoms with Crippen LogP contribution in [0.4, 0.5) is 0 Å². The molecule has 3 rings (SSSR count). The molecule has 2 aliphatic rings. The fourth-order valence-corrected chi connectivity index (χ4v) is 4.06. The van der Waals surface area contributed by atoms with Crippen LogP contribution in [0.15, 0.2) is 24.3 Å². The Balaban J connectivity index is 1.63. The maximum absolute atomic E-state index is 12.4. The second-order valence-electron chi connectivity index (χ2n) is 7.74. The summed E-state index contributed by atoms with van der Waals surface area (Å²) in [5.41, 5.74) is 1.42. The van der Waals surface area contributed by atoms with Crippen molar-refractivity contribution in [1.82, 2.24) is 15.5 Å². The van der Waals surface area contributed by atoms with Crippen LogP contribution in [-0.2, 0) is 0 Å². The molecule has 1 saturated carbocycles. The van der Waals surface area contributed by atoms with Crippen molar-refractivity contribution in [2.75, 3.05) is 26.2 Å². The zero-order valence-corrected chi connectivity index (χ0v) is 14.8. The zero-order valence-electron chi connectivity index (χ0n) is 14.8. The molecule has 0 aromatic heterocycles. The van der Waals surface area contributed by atoms with Crippen molar-refractivity contribution >= 4 is 11.8 Å². The van der Waals surface area contributed by atoms with Crippen molar-refractivity contribution in [1.29, 1.82) is 0 Å².